The number of carbonyl (C=O) groups excluding carboxylic acids is 1. The average molecular weight is 397 g/mol. The second-order valence-corrected chi connectivity index (χ2v) is 7.92. The van der Waals surface area contributed by atoms with Crippen LogP contribution < -0.4 is 5.32 Å². The zero-order chi connectivity index (χ0) is 20.3. The summed E-state index contributed by atoms with van der Waals surface area (Å²) in [6.07, 6.45) is 5.43. The van der Waals surface area contributed by atoms with Crippen LogP contribution in [0.4, 0.5) is 0 Å². The summed E-state index contributed by atoms with van der Waals surface area (Å²) < 4.78 is 25.0. The third-order valence-electron chi connectivity index (χ3n) is 3.78. The lowest BCUT2D eigenvalue weighted by molar-refractivity contribution is 0.0937. The van der Waals surface area contributed by atoms with Gasteiger partial charge in [-0.2, -0.15) is 15.0 Å². The molecule has 2 aromatic heterocycles. The van der Waals surface area contributed by atoms with Gasteiger partial charge in [0.25, 0.3) is 11.9 Å². The molecule has 0 aliphatic heterocycles. The van der Waals surface area contributed by atoms with Crippen LogP contribution in [-0.2, 0) is 9.84 Å². The van der Waals surface area contributed by atoms with E-state index in [0.717, 1.165) is 6.26 Å². The Morgan fingerprint density at radius 3 is 2.57 bits per heavy atom. The molecule has 0 aliphatic rings. The van der Waals surface area contributed by atoms with Gasteiger partial charge in [-0.05, 0) is 31.2 Å². The molecule has 10 nitrogen and oxygen atoms in total. The zero-order valence-corrected chi connectivity index (χ0v) is 15.8. The Morgan fingerprint density at radius 2 is 1.93 bits per heavy atom. The second kappa shape index (κ2) is 7.53. The van der Waals surface area contributed by atoms with Crippen LogP contribution in [0, 0.1) is 11.3 Å². The minimum absolute atomic E-state index is 0.0494. The number of amides is 1. The normalized spacial score (nSPS) is 12.2. The van der Waals surface area contributed by atoms with Gasteiger partial charge in [0.1, 0.15) is 6.33 Å². The van der Waals surface area contributed by atoms with Crippen molar-refractivity contribution >= 4 is 15.7 Å². The van der Waals surface area contributed by atoms with Gasteiger partial charge in [0, 0.05) is 24.2 Å². The van der Waals surface area contributed by atoms with E-state index in [9.17, 15) is 13.2 Å². The highest BCUT2D eigenvalue weighted by Gasteiger charge is 2.20. The molecule has 142 valence electrons. The zero-order valence-electron chi connectivity index (χ0n) is 14.9. The molecule has 0 unspecified atom stereocenters. The van der Waals surface area contributed by atoms with Gasteiger partial charge in [-0.1, -0.05) is 0 Å². The van der Waals surface area contributed by atoms with Crippen LogP contribution in [0.5, 0.6) is 0 Å². The molecule has 0 saturated carbocycles. The number of nitriles is 1. The molecule has 0 saturated heterocycles. The molecule has 1 aromatic carbocycles. The summed E-state index contributed by atoms with van der Waals surface area (Å²) in [5.74, 6) is 0.124. The largest absolute Gasteiger partial charge is 0.342 e. The Morgan fingerprint density at radius 1 is 1.21 bits per heavy atom. The van der Waals surface area contributed by atoms with Crippen molar-refractivity contribution in [1.82, 2.24) is 30.0 Å². The average Bonchev–Trinajstić information content (AvgIpc) is 3.17. The third-order valence-corrected chi connectivity index (χ3v) is 4.87. The summed E-state index contributed by atoms with van der Waals surface area (Å²) in [6, 6.07) is 6.69. The molecule has 28 heavy (non-hydrogen) atoms. The van der Waals surface area contributed by atoms with Crippen LogP contribution in [0.25, 0.3) is 5.95 Å². The van der Waals surface area contributed by atoms with Crippen LogP contribution in [-0.4, -0.2) is 45.3 Å². The van der Waals surface area contributed by atoms with Crippen molar-refractivity contribution in [1.29, 1.82) is 5.26 Å². The van der Waals surface area contributed by atoms with Crippen LogP contribution in [0.3, 0.4) is 0 Å². The van der Waals surface area contributed by atoms with E-state index >= 15 is 0 Å². The van der Waals surface area contributed by atoms with Crippen molar-refractivity contribution in [2.45, 2.75) is 17.9 Å². The highest BCUT2D eigenvalue weighted by molar-refractivity contribution is 7.90. The summed E-state index contributed by atoms with van der Waals surface area (Å²) in [5.41, 5.74) is 0.120. The van der Waals surface area contributed by atoms with E-state index in [1.807, 2.05) is 6.07 Å². The fourth-order valence-electron chi connectivity index (χ4n) is 2.45. The maximum absolute atomic E-state index is 12.6. The molecule has 3 rings (SSSR count). The van der Waals surface area contributed by atoms with Crippen molar-refractivity contribution in [2.75, 3.05) is 6.26 Å². The molecule has 2 heterocycles. The Bertz CT molecular complexity index is 1170. The van der Waals surface area contributed by atoms with Crippen molar-refractivity contribution in [2.24, 2.45) is 0 Å². The van der Waals surface area contributed by atoms with Gasteiger partial charge in [-0.15, -0.1) is 0 Å². The number of nitrogens with one attached hydrogen (secondary N) is 1. The lowest BCUT2D eigenvalue weighted by Gasteiger charge is -2.14. The number of carbonyl (C=O) groups is 1. The van der Waals surface area contributed by atoms with E-state index in [1.54, 1.807) is 25.4 Å². The number of hydrogen-bond donors (Lipinski definition) is 1. The van der Waals surface area contributed by atoms with Gasteiger partial charge in [0.15, 0.2) is 15.7 Å². The topological polar surface area (TPSA) is 144 Å². The van der Waals surface area contributed by atoms with Gasteiger partial charge < -0.3 is 5.32 Å². The van der Waals surface area contributed by atoms with E-state index in [-0.39, 0.29) is 16.0 Å². The minimum Gasteiger partial charge on any atom is -0.342 e. The van der Waals surface area contributed by atoms with E-state index < -0.39 is 21.8 Å². The summed E-state index contributed by atoms with van der Waals surface area (Å²) in [6.45, 7) is 1.69. The summed E-state index contributed by atoms with van der Waals surface area (Å²) in [5, 5.41) is 15.9. The number of nitrogens with zero attached hydrogens (tertiary/aromatic N) is 6. The maximum Gasteiger partial charge on any atom is 0.252 e. The molecular formula is C17H15N7O3S. The number of aromatic nitrogens is 5. The van der Waals surface area contributed by atoms with E-state index in [4.69, 9.17) is 5.26 Å². The van der Waals surface area contributed by atoms with Crippen molar-refractivity contribution < 1.29 is 13.2 Å². The Kier molecular flexibility index (Phi) is 5.14. The first kappa shape index (κ1) is 19.1. The predicted octanol–water partition coefficient (Wildman–Crippen LogP) is 0.823. The molecule has 3 aromatic rings. The Hall–Kier alpha value is -3.65. The number of sulfone groups is 1. The quantitative estimate of drug-likeness (QED) is 0.666. The first-order valence-corrected chi connectivity index (χ1v) is 9.92. The molecule has 0 bridgehead atoms. The fraction of sp³-hybridized carbons (Fsp3) is 0.176. The van der Waals surface area contributed by atoms with Gasteiger partial charge in [-0.25, -0.2) is 23.4 Å². The van der Waals surface area contributed by atoms with Gasteiger partial charge in [-0.3, -0.25) is 4.79 Å². The van der Waals surface area contributed by atoms with E-state index in [2.05, 4.69) is 25.4 Å². The minimum atomic E-state index is -3.58. The number of benzene rings is 1. The van der Waals surface area contributed by atoms with E-state index in [1.165, 1.54) is 29.2 Å². The molecule has 0 fully saturated rings. The highest BCUT2D eigenvalue weighted by atomic mass is 32.2. The molecule has 0 radical (unpaired) electrons. The van der Waals surface area contributed by atoms with E-state index in [0.29, 0.717) is 11.8 Å². The number of rotatable bonds is 5. The third kappa shape index (κ3) is 4.02. The second-order valence-electron chi connectivity index (χ2n) is 5.90. The van der Waals surface area contributed by atoms with Crippen LogP contribution in [0.2, 0.25) is 0 Å². The lowest BCUT2D eigenvalue weighted by atomic mass is 10.1. The van der Waals surface area contributed by atoms with Gasteiger partial charge in [0.2, 0.25) is 0 Å². The predicted molar refractivity (Wildman–Crippen MR) is 97.1 cm³/mol. The number of hydrogen-bond acceptors (Lipinski definition) is 8. The summed E-state index contributed by atoms with van der Waals surface area (Å²) >= 11 is 0. The first-order chi connectivity index (χ1) is 13.3. The van der Waals surface area contributed by atoms with Crippen LogP contribution >= 0.6 is 0 Å². The molecule has 0 spiro atoms. The molecular weight excluding hydrogens is 382 g/mol. The highest BCUT2D eigenvalue weighted by Crippen LogP contribution is 2.17. The summed E-state index contributed by atoms with van der Waals surface area (Å²) in [4.78, 5) is 24.9. The van der Waals surface area contributed by atoms with Crippen LogP contribution in [0.15, 0.2) is 47.9 Å². The Labute approximate surface area is 160 Å². The molecule has 1 atom stereocenters. The van der Waals surface area contributed by atoms with Crippen LogP contribution in [0.1, 0.15) is 34.7 Å². The van der Waals surface area contributed by atoms with Crippen molar-refractivity contribution in [3.8, 4) is 12.0 Å². The monoisotopic (exact) mass is 397 g/mol. The Balaban J connectivity index is 1.89. The molecule has 0 aliphatic carbocycles. The molecule has 1 amide bonds. The standard InChI is InChI=1S/C17H15N7O3S/c1-11(15-21-10-22-24(15)17-19-4-3-5-20-17)23-16(25)13-6-12(9-18)7-14(8-13)28(2,26)27/h3-8,10-11H,1-2H3,(H,23,25)/t11-/m0/s1. The fourth-order valence-corrected chi connectivity index (χ4v) is 3.14. The van der Waals surface area contributed by atoms with Gasteiger partial charge in [0.05, 0.1) is 22.6 Å². The summed E-state index contributed by atoms with van der Waals surface area (Å²) in [7, 11) is -3.58. The van der Waals surface area contributed by atoms with Crippen molar-refractivity contribution in [3.63, 3.8) is 0 Å². The first-order valence-electron chi connectivity index (χ1n) is 8.03. The van der Waals surface area contributed by atoms with Gasteiger partial charge >= 0.3 is 0 Å². The lowest BCUT2D eigenvalue weighted by Crippen LogP contribution is -2.29. The van der Waals surface area contributed by atoms with Crippen molar-refractivity contribution in [3.05, 3.63) is 59.9 Å². The smallest absolute Gasteiger partial charge is 0.252 e. The molecule has 1 N–H and O–H groups in total. The maximum atomic E-state index is 12.6. The molecule has 11 heteroatoms. The SMILES string of the molecule is C[C@H](NC(=O)c1cc(C#N)cc(S(C)(=O)=O)c1)c1ncnn1-c1ncccn1.